The molecule has 0 bridgehead atoms. The summed E-state index contributed by atoms with van der Waals surface area (Å²) in [6.07, 6.45) is 1.02. The molecule has 0 spiro atoms. The number of benzene rings is 1. The first kappa shape index (κ1) is 16.7. The van der Waals surface area contributed by atoms with Crippen LogP contribution in [0.3, 0.4) is 0 Å². The summed E-state index contributed by atoms with van der Waals surface area (Å²) in [5, 5.41) is 8.70. The zero-order valence-corrected chi connectivity index (χ0v) is 14.4. The Kier molecular flexibility index (Phi) is 5.30. The first-order valence-electron chi connectivity index (χ1n) is 8.03. The molecule has 0 radical (unpaired) electrons. The molecule has 0 saturated carbocycles. The number of amides is 2. The van der Waals surface area contributed by atoms with Crippen molar-refractivity contribution < 1.29 is 9.18 Å². The van der Waals surface area contributed by atoms with E-state index in [4.69, 9.17) is 0 Å². The first-order valence-corrected chi connectivity index (χ1v) is 8.91. The minimum Gasteiger partial charge on any atom is -0.371 e. The maximum Gasteiger partial charge on any atom is 0.315 e. The topological polar surface area (TPSA) is 57.3 Å². The molecule has 7 heteroatoms. The van der Waals surface area contributed by atoms with Crippen LogP contribution in [-0.4, -0.2) is 30.6 Å². The van der Waals surface area contributed by atoms with Crippen LogP contribution >= 0.6 is 11.3 Å². The lowest BCUT2D eigenvalue weighted by Crippen LogP contribution is -2.38. The van der Waals surface area contributed by atoms with Gasteiger partial charge in [0.15, 0.2) is 0 Å². The van der Waals surface area contributed by atoms with E-state index in [0.29, 0.717) is 19.0 Å². The van der Waals surface area contributed by atoms with Crippen LogP contribution in [0.4, 0.5) is 14.9 Å². The zero-order valence-electron chi connectivity index (χ0n) is 13.6. The predicted molar refractivity (Wildman–Crippen MR) is 93.8 cm³/mol. The van der Waals surface area contributed by atoms with Crippen LogP contribution in [-0.2, 0) is 6.54 Å². The quantitative estimate of drug-likeness (QED) is 0.873. The molecule has 5 nitrogen and oxygen atoms in total. The minimum atomic E-state index is -0.219. The summed E-state index contributed by atoms with van der Waals surface area (Å²) in [5.74, 6) is 0.186. The van der Waals surface area contributed by atoms with Gasteiger partial charge in [-0.2, -0.15) is 0 Å². The van der Waals surface area contributed by atoms with Gasteiger partial charge in [0, 0.05) is 30.7 Å². The third kappa shape index (κ3) is 4.44. The molecule has 1 atom stereocenters. The Labute approximate surface area is 144 Å². The van der Waals surface area contributed by atoms with Gasteiger partial charge in [0.25, 0.3) is 0 Å². The SMILES string of the molecule is Cc1nc(CNC(=O)NCC2CCN(c3ccc(F)cc3)C2)cs1. The van der Waals surface area contributed by atoms with E-state index in [2.05, 4.69) is 20.5 Å². The van der Waals surface area contributed by atoms with Crippen molar-refractivity contribution in [1.29, 1.82) is 0 Å². The number of nitrogens with one attached hydrogen (secondary N) is 2. The van der Waals surface area contributed by atoms with E-state index in [0.717, 1.165) is 35.9 Å². The van der Waals surface area contributed by atoms with Crippen LogP contribution in [0.5, 0.6) is 0 Å². The second-order valence-corrected chi connectivity index (χ2v) is 7.06. The average molecular weight is 348 g/mol. The number of anilines is 1. The molecule has 2 heterocycles. The summed E-state index contributed by atoms with van der Waals surface area (Å²) in [6, 6.07) is 6.39. The van der Waals surface area contributed by atoms with Crippen LogP contribution in [0.2, 0.25) is 0 Å². The van der Waals surface area contributed by atoms with Gasteiger partial charge < -0.3 is 15.5 Å². The Hall–Kier alpha value is -2.15. The van der Waals surface area contributed by atoms with Gasteiger partial charge in [-0.15, -0.1) is 11.3 Å². The van der Waals surface area contributed by atoms with Crippen molar-refractivity contribution in [2.45, 2.75) is 19.9 Å². The Morgan fingerprint density at radius 2 is 2.17 bits per heavy atom. The fourth-order valence-corrected chi connectivity index (χ4v) is 3.46. The molecule has 0 aliphatic carbocycles. The molecule has 1 unspecified atom stereocenters. The standard InChI is InChI=1S/C17H21FN4OS/c1-12-21-15(11-24-12)9-20-17(23)19-8-13-6-7-22(10-13)16-4-2-14(18)3-5-16/h2-5,11,13H,6-10H2,1H3,(H2,19,20,23). The summed E-state index contributed by atoms with van der Waals surface area (Å²) in [5.41, 5.74) is 1.92. The summed E-state index contributed by atoms with van der Waals surface area (Å²) in [4.78, 5) is 18.4. The van der Waals surface area contributed by atoms with Crippen molar-refractivity contribution >= 4 is 23.1 Å². The van der Waals surface area contributed by atoms with Crippen molar-refractivity contribution in [3.8, 4) is 0 Å². The summed E-state index contributed by atoms with van der Waals surface area (Å²) in [7, 11) is 0. The molecule has 1 aromatic carbocycles. The zero-order chi connectivity index (χ0) is 16.9. The Morgan fingerprint density at radius 3 is 2.88 bits per heavy atom. The highest BCUT2D eigenvalue weighted by atomic mass is 32.1. The molecule has 1 aliphatic heterocycles. The smallest absolute Gasteiger partial charge is 0.315 e. The maximum absolute atomic E-state index is 13.0. The third-order valence-corrected chi connectivity index (χ3v) is 4.95. The fourth-order valence-electron chi connectivity index (χ4n) is 2.85. The number of hydrogen-bond donors (Lipinski definition) is 2. The number of carbonyl (C=O) groups excluding carboxylic acids is 1. The van der Waals surface area contributed by atoms with Crippen molar-refractivity contribution in [3.63, 3.8) is 0 Å². The number of urea groups is 1. The van der Waals surface area contributed by atoms with E-state index in [-0.39, 0.29) is 11.8 Å². The van der Waals surface area contributed by atoms with Gasteiger partial charge in [-0.25, -0.2) is 14.2 Å². The highest BCUT2D eigenvalue weighted by Gasteiger charge is 2.23. The molecule has 24 heavy (non-hydrogen) atoms. The molecule has 128 valence electrons. The third-order valence-electron chi connectivity index (χ3n) is 4.13. The van der Waals surface area contributed by atoms with E-state index in [1.54, 1.807) is 23.5 Å². The lowest BCUT2D eigenvalue weighted by molar-refractivity contribution is 0.239. The Bertz CT molecular complexity index is 688. The monoisotopic (exact) mass is 348 g/mol. The van der Waals surface area contributed by atoms with Gasteiger partial charge in [0.1, 0.15) is 5.82 Å². The van der Waals surface area contributed by atoms with E-state index in [9.17, 15) is 9.18 Å². The first-order chi connectivity index (χ1) is 11.6. The molecule has 1 aromatic heterocycles. The van der Waals surface area contributed by atoms with E-state index in [1.807, 2.05) is 12.3 Å². The maximum atomic E-state index is 13.0. The van der Waals surface area contributed by atoms with Crippen molar-refractivity contribution in [2.24, 2.45) is 5.92 Å². The minimum absolute atomic E-state index is 0.166. The number of thiazole rings is 1. The second kappa shape index (κ2) is 7.61. The highest BCUT2D eigenvalue weighted by Crippen LogP contribution is 2.23. The van der Waals surface area contributed by atoms with Gasteiger partial charge in [-0.3, -0.25) is 0 Å². The molecule has 2 N–H and O–H groups in total. The Balaban J connectivity index is 1.39. The average Bonchev–Trinajstić information content (AvgIpc) is 3.21. The predicted octanol–water partition coefficient (Wildman–Crippen LogP) is 2.92. The number of hydrogen-bond acceptors (Lipinski definition) is 4. The molecule has 1 fully saturated rings. The number of nitrogens with zero attached hydrogens (tertiary/aromatic N) is 2. The van der Waals surface area contributed by atoms with Crippen LogP contribution in [0.1, 0.15) is 17.1 Å². The normalized spacial score (nSPS) is 17.1. The molecular formula is C17H21FN4OS. The lowest BCUT2D eigenvalue weighted by Gasteiger charge is -2.18. The largest absolute Gasteiger partial charge is 0.371 e. The molecular weight excluding hydrogens is 327 g/mol. The van der Waals surface area contributed by atoms with Crippen LogP contribution in [0, 0.1) is 18.7 Å². The van der Waals surface area contributed by atoms with Gasteiger partial charge in [0.2, 0.25) is 0 Å². The molecule has 2 aromatic rings. The molecule has 2 amide bonds. The van der Waals surface area contributed by atoms with Crippen LogP contribution in [0.25, 0.3) is 0 Å². The van der Waals surface area contributed by atoms with E-state index < -0.39 is 0 Å². The number of aromatic nitrogens is 1. The van der Waals surface area contributed by atoms with Crippen LogP contribution < -0.4 is 15.5 Å². The molecule has 1 saturated heterocycles. The van der Waals surface area contributed by atoms with Gasteiger partial charge in [-0.05, 0) is 43.5 Å². The number of carbonyl (C=O) groups is 1. The van der Waals surface area contributed by atoms with Crippen molar-refractivity contribution in [3.05, 3.63) is 46.2 Å². The summed E-state index contributed by atoms with van der Waals surface area (Å²) in [6.45, 7) is 4.83. The molecule has 3 rings (SSSR count). The van der Waals surface area contributed by atoms with Gasteiger partial charge >= 0.3 is 6.03 Å². The van der Waals surface area contributed by atoms with Gasteiger partial charge in [0.05, 0.1) is 17.2 Å². The number of aryl methyl sites for hydroxylation is 1. The lowest BCUT2D eigenvalue weighted by atomic mass is 10.1. The number of rotatable bonds is 5. The van der Waals surface area contributed by atoms with E-state index >= 15 is 0 Å². The van der Waals surface area contributed by atoms with Crippen molar-refractivity contribution in [2.75, 3.05) is 24.5 Å². The van der Waals surface area contributed by atoms with Crippen LogP contribution in [0.15, 0.2) is 29.6 Å². The van der Waals surface area contributed by atoms with Crippen molar-refractivity contribution in [1.82, 2.24) is 15.6 Å². The summed E-state index contributed by atoms with van der Waals surface area (Å²) >= 11 is 1.58. The molecule has 1 aliphatic rings. The van der Waals surface area contributed by atoms with E-state index in [1.165, 1.54) is 12.1 Å². The Morgan fingerprint density at radius 1 is 1.38 bits per heavy atom. The summed E-state index contributed by atoms with van der Waals surface area (Å²) < 4.78 is 13.0. The fraction of sp³-hybridized carbons (Fsp3) is 0.412. The highest BCUT2D eigenvalue weighted by molar-refractivity contribution is 7.09. The second-order valence-electron chi connectivity index (χ2n) is 6.00. The van der Waals surface area contributed by atoms with Gasteiger partial charge in [-0.1, -0.05) is 0 Å². The number of halogens is 1.